The van der Waals surface area contributed by atoms with Crippen LogP contribution in [0.2, 0.25) is 0 Å². The average molecular weight is 413 g/mol. The molecule has 0 aliphatic rings. The average Bonchev–Trinajstić information content (AvgIpc) is 1.00. The molecule has 4 heteroatoms. The van der Waals surface area contributed by atoms with E-state index in [9.17, 15) is 0 Å². The van der Waals surface area contributed by atoms with Crippen molar-refractivity contribution in [2.45, 2.75) is 0 Å². The van der Waals surface area contributed by atoms with Gasteiger partial charge in [0.05, 0.1) is 0 Å². The zero-order valence-corrected chi connectivity index (χ0v) is 7.41. The van der Waals surface area contributed by atoms with Crippen LogP contribution in [-0.2, 0) is 45.6 Å². The molecule has 0 rings (SSSR count). The Kier molecular flexibility index (Phi) is 114. The molecule has 0 aromatic heterocycles. The van der Waals surface area contributed by atoms with E-state index in [1.807, 2.05) is 0 Å². The van der Waals surface area contributed by atoms with Crippen LogP contribution in [0.3, 0.4) is 0 Å². The van der Waals surface area contributed by atoms with Gasteiger partial charge in [0.15, 0.2) is 0 Å². The fraction of sp³-hybridized carbons (Fsp3) is 0. The molecule has 0 aromatic rings. The third-order valence-corrected chi connectivity index (χ3v) is 0. The molecule has 0 aromatic carbocycles. The Morgan fingerprint density at radius 2 is 1.25 bits per heavy atom. The maximum Gasteiger partial charge on any atom is 0 e. The third-order valence-electron chi connectivity index (χ3n) is 0. The molecule has 0 N–H and O–H groups in total. The van der Waals surface area contributed by atoms with Crippen molar-refractivity contribution in [3.8, 4) is 0 Å². The van der Waals surface area contributed by atoms with E-state index in [4.69, 9.17) is 3.40 Å². The van der Waals surface area contributed by atoms with E-state index in [2.05, 4.69) is 0 Å². The van der Waals surface area contributed by atoms with Crippen molar-refractivity contribution in [3.63, 3.8) is 0 Å². The van der Waals surface area contributed by atoms with Gasteiger partial charge in [-0.3, -0.25) is 0 Å². The Labute approximate surface area is 56.3 Å². The van der Waals surface area contributed by atoms with Crippen molar-refractivity contribution in [1.82, 2.24) is 0 Å². The van der Waals surface area contributed by atoms with E-state index in [1.165, 1.54) is 0 Å². The SMILES string of the molecule is [O]=[W].[SiH4].[Ta]. The summed E-state index contributed by atoms with van der Waals surface area (Å²) in [4.78, 5) is 0. The van der Waals surface area contributed by atoms with Crippen LogP contribution in [0.1, 0.15) is 0 Å². The summed E-state index contributed by atoms with van der Waals surface area (Å²) in [6.45, 7) is 0. The normalized spacial score (nSPS) is 1.00. The Hall–Kier alpha value is 1.45. The Morgan fingerprint density at radius 1 is 1.25 bits per heavy atom. The van der Waals surface area contributed by atoms with Crippen molar-refractivity contribution in [1.29, 1.82) is 0 Å². The Morgan fingerprint density at radius 3 is 1.25 bits per heavy atom. The van der Waals surface area contributed by atoms with Gasteiger partial charge >= 0.3 is 23.2 Å². The summed E-state index contributed by atoms with van der Waals surface area (Å²) in [6.07, 6.45) is 0. The first-order chi connectivity index (χ1) is 1.00. The molecule has 0 heterocycles. The topological polar surface area (TPSA) is 17.1 Å². The molecule has 0 aliphatic heterocycles. The van der Waals surface area contributed by atoms with E-state index in [-0.39, 0.29) is 33.3 Å². The van der Waals surface area contributed by atoms with Crippen LogP contribution < -0.4 is 0 Å². The van der Waals surface area contributed by atoms with Crippen molar-refractivity contribution >= 4 is 11.0 Å². The standard InChI is InChI=1S/O.H4Si.Ta.W/h;1H4;;. The first kappa shape index (κ1) is 18.0. The second kappa shape index (κ2) is 25.3. The molecular formula is H4OSiTaW. The summed E-state index contributed by atoms with van der Waals surface area (Å²) in [5.74, 6) is 0. The minimum Gasteiger partial charge on any atom is -0.0149 e. The monoisotopic (exact) mass is 413 g/mol. The second-order valence-corrected chi connectivity index (χ2v) is 0. The first-order valence-electron chi connectivity index (χ1n) is 0.167. The second-order valence-electron chi connectivity index (χ2n) is 0. The summed E-state index contributed by atoms with van der Waals surface area (Å²) in [7, 11) is 0. The number of hydrogen-bond donors (Lipinski definition) is 0. The van der Waals surface area contributed by atoms with Crippen LogP contribution in [-0.4, -0.2) is 11.0 Å². The number of rotatable bonds is 0. The Bertz CT molecular complexity index is 8.00. The predicted molar refractivity (Wildman–Crippen MR) is 12.0 cm³/mol. The van der Waals surface area contributed by atoms with Crippen LogP contribution in [0, 0.1) is 0 Å². The molecule has 0 spiro atoms. The van der Waals surface area contributed by atoms with Crippen LogP contribution in [0.15, 0.2) is 0 Å². The molecule has 4 heavy (non-hydrogen) atoms. The Balaban J connectivity index is -0.00000000500. The van der Waals surface area contributed by atoms with Gasteiger partial charge in [0.2, 0.25) is 0 Å². The van der Waals surface area contributed by atoms with Crippen molar-refractivity contribution in [2.75, 3.05) is 0 Å². The molecular weight excluding hydrogens is 409 g/mol. The molecule has 0 saturated carbocycles. The quantitative estimate of drug-likeness (QED) is 0.439. The molecule has 0 bridgehead atoms. The van der Waals surface area contributed by atoms with Crippen LogP contribution in [0.4, 0.5) is 0 Å². The summed E-state index contributed by atoms with van der Waals surface area (Å²) in [6, 6.07) is 0. The van der Waals surface area contributed by atoms with Gasteiger partial charge in [0.1, 0.15) is 0 Å². The van der Waals surface area contributed by atoms with Gasteiger partial charge in [0, 0.05) is 22.4 Å². The minimum atomic E-state index is 0. The summed E-state index contributed by atoms with van der Waals surface area (Å²) in [5.41, 5.74) is 0. The van der Waals surface area contributed by atoms with Crippen molar-refractivity contribution in [2.24, 2.45) is 0 Å². The van der Waals surface area contributed by atoms with Gasteiger partial charge < -0.3 is 0 Å². The maximum absolute atomic E-state index is 8.33. The van der Waals surface area contributed by atoms with E-state index in [0.717, 1.165) is 0 Å². The van der Waals surface area contributed by atoms with Crippen LogP contribution in [0.5, 0.6) is 0 Å². The smallest absolute Gasteiger partial charge is 0 e. The van der Waals surface area contributed by atoms with E-state index in [1.54, 1.807) is 0 Å². The van der Waals surface area contributed by atoms with Gasteiger partial charge in [-0.15, -0.1) is 0 Å². The maximum atomic E-state index is 8.33. The van der Waals surface area contributed by atoms with Gasteiger partial charge in [-0.05, 0) is 11.0 Å². The molecule has 1 nitrogen and oxygen atoms in total. The molecule has 0 saturated heterocycles. The molecule has 0 unspecified atom stereocenters. The van der Waals surface area contributed by atoms with E-state index in [0.29, 0.717) is 19.8 Å². The van der Waals surface area contributed by atoms with Gasteiger partial charge in [-0.1, -0.05) is 0 Å². The van der Waals surface area contributed by atoms with Gasteiger partial charge in [-0.25, -0.2) is 0 Å². The largest absolute Gasteiger partial charge is 0.0149 e. The summed E-state index contributed by atoms with van der Waals surface area (Å²) in [5, 5.41) is 0. The fourth-order valence-corrected chi connectivity index (χ4v) is 0. The van der Waals surface area contributed by atoms with Gasteiger partial charge in [0.25, 0.3) is 0 Å². The summed E-state index contributed by atoms with van der Waals surface area (Å²) >= 11 is 0.333. The molecule has 25 valence electrons. The zero-order chi connectivity index (χ0) is 2.00. The minimum absolute atomic E-state index is 0. The summed E-state index contributed by atoms with van der Waals surface area (Å²) < 4.78 is 8.33. The van der Waals surface area contributed by atoms with Crippen molar-refractivity contribution in [3.05, 3.63) is 0 Å². The number of hydrogen-bond acceptors (Lipinski definition) is 1. The van der Waals surface area contributed by atoms with Crippen molar-refractivity contribution < 1.29 is 45.6 Å². The predicted octanol–water partition coefficient (Wildman–Crippen LogP) is -1.58. The first-order valence-corrected chi connectivity index (χ1v) is 1.36. The third kappa shape index (κ3) is 9.86. The van der Waals surface area contributed by atoms with E-state index < -0.39 is 0 Å². The van der Waals surface area contributed by atoms with Gasteiger partial charge in [-0.2, -0.15) is 0 Å². The molecule has 0 atom stereocenters. The van der Waals surface area contributed by atoms with Crippen LogP contribution in [0.25, 0.3) is 0 Å². The van der Waals surface area contributed by atoms with E-state index >= 15 is 0 Å². The van der Waals surface area contributed by atoms with Crippen LogP contribution >= 0.6 is 0 Å². The molecule has 0 amide bonds. The zero-order valence-electron chi connectivity index (χ0n) is 1.26. The molecule has 0 aliphatic carbocycles. The molecule has 0 fully saturated rings. The molecule has 1 radical (unpaired) electrons. The fourth-order valence-electron chi connectivity index (χ4n) is 0.